The van der Waals surface area contributed by atoms with Gasteiger partial charge in [-0.25, -0.2) is 8.78 Å². The molecule has 2 rings (SSSR count). The monoisotopic (exact) mass is 246 g/mol. The minimum absolute atomic E-state index is 0.0847. The maximum atomic E-state index is 13.4. The van der Waals surface area contributed by atoms with Gasteiger partial charge in [0.2, 0.25) is 0 Å². The third kappa shape index (κ3) is 2.62. The molecule has 0 amide bonds. The topological polar surface area (TPSA) is 17.1 Å². The number of halogens is 2. The lowest BCUT2D eigenvalue weighted by atomic mass is 10.0. The molecule has 0 atom stereocenters. The second kappa shape index (κ2) is 5.08. The highest BCUT2D eigenvalue weighted by molar-refractivity contribution is 5.97. The van der Waals surface area contributed by atoms with E-state index in [2.05, 4.69) is 0 Å². The number of hydrogen-bond donors (Lipinski definition) is 0. The molecule has 0 N–H and O–H groups in total. The molecular weight excluding hydrogens is 234 g/mol. The first-order valence-corrected chi connectivity index (χ1v) is 5.60. The van der Waals surface area contributed by atoms with Gasteiger partial charge in [-0.1, -0.05) is 35.9 Å². The fourth-order valence-corrected chi connectivity index (χ4v) is 1.78. The van der Waals surface area contributed by atoms with Crippen LogP contribution in [0.3, 0.4) is 0 Å². The number of aryl methyl sites for hydroxylation is 1. The first kappa shape index (κ1) is 12.4. The standard InChI is InChI=1S/C15H12F2O/c1-10-4-2-5-11(8-10)14(18)9-12-6-3-7-13(16)15(12)17/h2-8H,9H2,1H3. The Morgan fingerprint density at radius 1 is 1.11 bits per heavy atom. The van der Waals surface area contributed by atoms with Crippen LogP contribution in [0.5, 0.6) is 0 Å². The zero-order valence-corrected chi connectivity index (χ0v) is 9.91. The van der Waals surface area contributed by atoms with E-state index in [-0.39, 0.29) is 17.8 Å². The van der Waals surface area contributed by atoms with Crippen molar-refractivity contribution < 1.29 is 13.6 Å². The molecule has 0 unspecified atom stereocenters. The lowest BCUT2D eigenvalue weighted by molar-refractivity contribution is 0.0991. The molecule has 0 fully saturated rings. The van der Waals surface area contributed by atoms with Gasteiger partial charge in [-0.3, -0.25) is 4.79 Å². The molecule has 2 aromatic carbocycles. The van der Waals surface area contributed by atoms with Crippen molar-refractivity contribution in [2.45, 2.75) is 13.3 Å². The summed E-state index contributed by atoms with van der Waals surface area (Å²) < 4.78 is 26.4. The zero-order valence-electron chi connectivity index (χ0n) is 9.91. The third-order valence-electron chi connectivity index (χ3n) is 2.72. The summed E-state index contributed by atoms with van der Waals surface area (Å²) in [6.07, 6.45) is -0.132. The van der Waals surface area contributed by atoms with Crippen LogP contribution in [0.1, 0.15) is 21.5 Å². The van der Waals surface area contributed by atoms with E-state index in [0.717, 1.165) is 11.6 Å². The van der Waals surface area contributed by atoms with Crippen LogP contribution in [0.25, 0.3) is 0 Å². The van der Waals surface area contributed by atoms with Crippen LogP contribution < -0.4 is 0 Å². The lowest BCUT2D eigenvalue weighted by Gasteiger charge is -2.04. The largest absolute Gasteiger partial charge is 0.294 e. The van der Waals surface area contributed by atoms with Crippen molar-refractivity contribution in [3.8, 4) is 0 Å². The minimum atomic E-state index is -0.946. The summed E-state index contributed by atoms with van der Waals surface area (Å²) in [5, 5.41) is 0. The zero-order chi connectivity index (χ0) is 13.1. The summed E-state index contributed by atoms with van der Waals surface area (Å²) in [5.74, 6) is -2.09. The molecule has 0 saturated carbocycles. The molecule has 1 nitrogen and oxygen atoms in total. The van der Waals surface area contributed by atoms with Crippen molar-refractivity contribution in [2.75, 3.05) is 0 Å². The highest BCUT2D eigenvalue weighted by Gasteiger charge is 2.13. The van der Waals surface area contributed by atoms with E-state index in [0.29, 0.717) is 5.56 Å². The molecule has 0 saturated heterocycles. The van der Waals surface area contributed by atoms with E-state index < -0.39 is 11.6 Å². The van der Waals surface area contributed by atoms with Gasteiger partial charge in [0.05, 0.1) is 0 Å². The Labute approximate surface area is 104 Å². The Morgan fingerprint density at radius 2 is 1.83 bits per heavy atom. The van der Waals surface area contributed by atoms with Gasteiger partial charge in [0.15, 0.2) is 17.4 Å². The molecule has 3 heteroatoms. The van der Waals surface area contributed by atoms with Crippen LogP contribution in [0.4, 0.5) is 8.78 Å². The van der Waals surface area contributed by atoms with Crippen LogP contribution in [-0.4, -0.2) is 5.78 Å². The molecule has 0 aromatic heterocycles. The summed E-state index contributed by atoms with van der Waals surface area (Å²) in [5.41, 5.74) is 1.56. The number of hydrogen-bond acceptors (Lipinski definition) is 1. The SMILES string of the molecule is Cc1cccc(C(=O)Cc2cccc(F)c2F)c1. The van der Waals surface area contributed by atoms with Crippen molar-refractivity contribution >= 4 is 5.78 Å². The quantitative estimate of drug-likeness (QED) is 0.755. The van der Waals surface area contributed by atoms with Crippen LogP contribution in [0.2, 0.25) is 0 Å². The first-order valence-electron chi connectivity index (χ1n) is 5.60. The van der Waals surface area contributed by atoms with E-state index in [4.69, 9.17) is 0 Å². The van der Waals surface area contributed by atoms with Crippen molar-refractivity contribution in [2.24, 2.45) is 0 Å². The van der Waals surface area contributed by atoms with Crippen molar-refractivity contribution in [1.29, 1.82) is 0 Å². The number of carbonyl (C=O) groups is 1. The van der Waals surface area contributed by atoms with Crippen LogP contribution in [0.15, 0.2) is 42.5 Å². The molecule has 18 heavy (non-hydrogen) atoms. The highest BCUT2D eigenvalue weighted by Crippen LogP contribution is 2.15. The maximum absolute atomic E-state index is 13.4. The molecule has 0 aliphatic heterocycles. The average molecular weight is 246 g/mol. The van der Waals surface area contributed by atoms with E-state index in [1.165, 1.54) is 12.1 Å². The molecule has 92 valence electrons. The molecule has 0 radical (unpaired) electrons. The predicted octanol–water partition coefficient (Wildman–Crippen LogP) is 3.70. The Balaban J connectivity index is 2.24. The van der Waals surface area contributed by atoms with Gasteiger partial charge in [0.1, 0.15) is 0 Å². The Hall–Kier alpha value is -2.03. The number of benzene rings is 2. The van der Waals surface area contributed by atoms with Gasteiger partial charge >= 0.3 is 0 Å². The van der Waals surface area contributed by atoms with Crippen molar-refractivity contribution in [3.63, 3.8) is 0 Å². The van der Waals surface area contributed by atoms with Crippen LogP contribution in [0, 0.1) is 18.6 Å². The van der Waals surface area contributed by atoms with E-state index in [1.54, 1.807) is 18.2 Å². The van der Waals surface area contributed by atoms with Gasteiger partial charge in [0, 0.05) is 12.0 Å². The van der Waals surface area contributed by atoms with Gasteiger partial charge in [-0.05, 0) is 24.6 Å². The molecule has 0 bridgehead atoms. The van der Waals surface area contributed by atoms with Gasteiger partial charge in [0.25, 0.3) is 0 Å². The van der Waals surface area contributed by atoms with Gasteiger partial charge in [-0.15, -0.1) is 0 Å². The van der Waals surface area contributed by atoms with Gasteiger partial charge < -0.3 is 0 Å². The molecule has 0 spiro atoms. The van der Waals surface area contributed by atoms with Gasteiger partial charge in [-0.2, -0.15) is 0 Å². The molecule has 0 aliphatic carbocycles. The summed E-state index contributed by atoms with van der Waals surface area (Å²) in [4.78, 5) is 11.9. The Kier molecular flexibility index (Phi) is 3.51. The molecule has 0 aliphatic rings. The normalized spacial score (nSPS) is 10.4. The predicted molar refractivity (Wildman–Crippen MR) is 65.6 cm³/mol. The van der Waals surface area contributed by atoms with Crippen LogP contribution in [-0.2, 0) is 6.42 Å². The number of carbonyl (C=O) groups excluding carboxylic acids is 1. The first-order chi connectivity index (χ1) is 8.58. The third-order valence-corrected chi connectivity index (χ3v) is 2.72. The summed E-state index contributed by atoms with van der Waals surface area (Å²) >= 11 is 0. The Bertz CT molecular complexity index is 591. The second-order valence-corrected chi connectivity index (χ2v) is 4.18. The van der Waals surface area contributed by atoms with Crippen molar-refractivity contribution in [1.82, 2.24) is 0 Å². The van der Waals surface area contributed by atoms with E-state index >= 15 is 0 Å². The summed E-state index contributed by atoms with van der Waals surface area (Å²) in [7, 11) is 0. The molecular formula is C15H12F2O. The van der Waals surface area contributed by atoms with Crippen LogP contribution >= 0.6 is 0 Å². The fraction of sp³-hybridized carbons (Fsp3) is 0.133. The van der Waals surface area contributed by atoms with E-state index in [1.807, 2.05) is 13.0 Å². The minimum Gasteiger partial charge on any atom is -0.294 e. The average Bonchev–Trinajstić information content (AvgIpc) is 2.35. The number of rotatable bonds is 3. The summed E-state index contributed by atoms with van der Waals surface area (Å²) in [6.45, 7) is 1.87. The second-order valence-electron chi connectivity index (χ2n) is 4.18. The summed E-state index contributed by atoms with van der Waals surface area (Å²) in [6, 6.07) is 10.9. The number of ketones is 1. The smallest absolute Gasteiger partial charge is 0.167 e. The lowest BCUT2D eigenvalue weighted by Crippen LogP contribution is -2.06. The number of Topliss-reactive ketones (excluding diaryl/α,β-unsaturated/α-hetero) is 1. The molecule has 0 heterocycles. The maximum Gasteiger partial charge on any atom is 0.167 e. The fourth-order valence-electron chi connectivity index (χ4n) is 1.78. The van der Waals surface area contributed by atoms with Crippen molar-refractivity contribution in [3.05, 3.63) is 70.8 Å². The Morgan fingerprint density at radius 3 is 2.56 bits per heavy atom. The highest BCUT2D eigenvalue weighted by atomic mass is 19.2. The molecule has 2 aromatic rings. The van der Waals surface area contributed by atoms with E-state index in [9.17, 15) is 13.6 Å².